The Kier molecular flexibility index (Phi) is 5.07. The van der Waals surface area contributed by atoms with Gasteiger partial charge in [0.05, 0.1) is 7.11 Å². The maximum atomic E-state index is 6.18. The first-order chi connectivity index (χ1) is 9.67. The van der Waals surface area contributed by atoms with E-state index in [9.17, 15) is 0 Å². The van der Waals surface area contributed by atoms with Gasteiger partial charge in [-0.15, -0.1) is 0 Å². The molecule has 20 heavy (non-hydrogen) atoms. The number of aryl methyl sites for hydroxylation is 2. The third-order valence-electron chi connectivity index (χ3n) is 3.27. The van der Waals surface area contributed by atoms with Crippen LogP contribution in [0.5, 0.6) is 5.88 Å². The molecule has 0 aliphatic heterocycles. The van der Waals surface area contributed by atoms with Crippen molar-refractivity contribution in [3.05, 3.63) is 53.5 Å². The molecule has 0 saturated heterocycles. The lowest BCUT2D eigenvalue weighted by molar-refractivity contribution is 0.395. The Hall–Kier alpha value is -1.94. The zero-order chi connectivity index (χ0) is 14.4. The van der Waals surface area contributed by atoms with E-state index in [2.05, 4.69) is 41.2 Å². The normalized spacial score (nSPS) is 12.2. The van der Waals surface area contributed by atoms with Crippen LogP contribution in [0.2, 0.25) is 0 Å². The van der Waals surface area contributed by atoms with E-state index in [0.29, 0.717) is 5.88 Å². The van der Waals surface area contributed by atoms with E-state index in [0.717, 1.165) is 25.0 Å². The molecule has 0 bridgehead atoms. The van der Waals surface area contributed by atoms with Crippen LogP contribution >= 0.6 is 0 Å². The monoisotopic (exact) mass is 271 g/mol. The number of hydrogen-bond donors (Lipinski definition) is 1. The number of hydrogen-bond acceptors (Lipinski definition) is 4. The highest BCUT2D eigenvalue weighted by Crippen LogP contribution is 2.11. The first-order valence-corrected chi connectivity index (χ1v) is 6.83. The van der Waals surface area contributed by atoms with Crippen LogP contribution in [0, 0.1) is 6.92 Å². The van der Waals surface area contributed by atoms with E-state index in [1.807, 2.05) is 6.07 Å². The predicted octanol–water partition coefficient (Wildman–Crippen LogP) is 2.30. The van der Waals surface area contributed by atoms with E-state index in [1.165, 1.54) is 17.5 Å². The van der Waals surface area contributed by atoms with Crippen molar-refractivity contribution in [2.45, 2.75) is 32.2 Å². The van der Waals surface area contributed by atoms with E-state index in [1.54, 1.807) is 7.11 Å². The zero-order valence-corrected chi connectivity index (χ0v) is 12.0. The second kappa shape index (κ2) is 7.01. The van der Waals surface area contributed by atoms with Crippen molar-refractivity contribution in [3.8, 4) is 5.88 Å². The van der Waals surface area contributed by atoms with Crippen LogP contribution in [-0.2, 0) is 12.8 Å². The number of aromatic nitrogens is 2. The van der Waals surface area contributed by atoms with Crippen LogP contribution in [0.25, 0.3) is 0 Å². The van der Waals surface area contributed by atoms with E-state index in [4.69, 9.17) is 10.5 Å². The van der Waals surface area contributed by atoms with Crippen molar-refractivity contribution in [1.29, 1.82) is 0 Å². The first kappa shape index (κ1) is 14.5. The van der Waals surface area contributed by atoms with Gasteiger partial charge in [0.1, 0.15) is 6.33 Å². The van der Waals surface area contributed by atoms with Crippen molar-refractivity contribution >= 4 is 0 Å². The molecule has 2 rings (SSSR count). The second-order valence-electron chi connectivity index (χ2n) is 5.04. The van der Waals surface area contributed by atoms with Gasteiger partial charge in [0, 0.05) is 24.2 Å². The van der Waals surface area contributed by atoms with E-state index in [-0.39, 0.29) is 6.04 Å². The number of methoxy groups -OCH3 is 1. The molecule has 1 atom stereocenters. The van der Waals surface area contributed by atoms with Gasteiger partial charge in [-0.25, -0.2) is 9.97 Å². The highest BCUT2D eigenvalue weighted by atomic mass is 16.5. The van der Waals surface area contributed by atoms with E-state index < -0.39 is 0 Å². The number of ether oxygens (including phenoxy) is 1. The van der Waals surface area contributed by atoms with Gasteiger partial charge in [0.25, 0.3) is 0 Å². The minimum Gasteiger partial charge on any atom is -0.481 e. The molecule has 0 amide bonds. The summed E-state index contributed by atoms with van der Waals surface area (Å²) in [6, 6.07) is 10.5. The Labute approximate surface area is 120 Å². The molecular weight excluding hydrogens is 250 g/mol. The topological polar surface area (TPSA) is 61.0 Å². The summed E-state index contributed by atoms with van der Waals surface area (Å²) in [5.74, 6) is 0.584. The van der Waals surface area contributed by atoms with Crippen LogP contribution in [0.4, 0.5) is 0 Å². The Morgan fingerprint density at radius 3 is 2.85 bits per heavy atom. The average molecular weight is 271 g/mol. The Morgan fingerprint density at radius 2 is 2.10 bits per heavy atom. The highest BCUT2D eigenvalue weighted by Gasteiger charge is 2.07. The Bertz CT molecular complexity index is 557. The van der Waals surface area contributed by atoms with Crippen LogP contribution in [0.3, 0.4) is 0 Å². The van der Waals surface area contributed by atoms with Crippen LogP contribution in [-0.4, -0.2) is 23.1 Å². The fraction of sp³-hybridized carbons (Fsp3) is 0.375. The summed E-state index contributed by atoms with van der Waals surface area (Å²) in [5, 5.41) is 0. The molecule has 1 aromatic carbocycles. The van der Waals surface area contributed by atoms with Crippen molar-refractivity contribution in [1.82, 2.24) is 9.97 Å². The second-order valence-corrected chi connectivity index (χ2v) is 5.04. The lowest BCUT2D eigenvalue weighted by atomic mass is 10.0. The summed E-state index contributed by atoms with van der Waals surface area (Å²) >= 11 is 0. The van der Waals surface area contributed by atoms with Gasteiger partial charge in [-0.1, -0.05) is 29.8 Å². The Balaban J connectivity index is 1.87. The maximum Gasteiger partial charge on any atom is 0.216 e. The average Bonchev–Trinajstić information content (AvgIpc) is 2.45. The summed E-state index contributed by atoms with van der Waals surface area (Å²) in [4.78, 5) is 8.22. The first-order valence-electron chi connectivity index (χ1n) is 6.83. The number of nitrogens with zero attached hydrogens (tertiary/aromatic N) is 2. The van der Waals surface area contributed by atoms with Gasteiger partial charge in [-0.05, 0) is 25.3 Å². The largest absolute Gasteiger partial charge is 0.481 e. The number of rotatable bonds is 6. The molecule has 0 aliphatic carbocycles. The van der Waals surface area contributed by atoms with Crippen LogP contribution in [0.15, 0.2) is 36.7 Å². The minimum atomic E-state index is 0.0927. The zero-order valence-electron chi connectivity index (χ0n) is 12.0. The molecule has 4 nitrogen and oxygen atoms in total. The van der Waals surface area contributed by atoms with Crippen molar-refractivity contribution < 1.29 is 4.74 Å². The standard InChI is InChI=1S/C16H21N3O/c1-12-4-3-5-13(8-12)6-7-14(17)9-15-10-16(20-2)19-11-18-15/h3-5,8,10-11,14H,6-7,9,17H2,1-2H3. The summed E-state index contributed by atoms with van der Waals surface area (Å²) < 4.78 is 5.09. The quantitative estimate of drug-likeness (QED) is 0.875. The molecule has 1 unspecified atom stereocenters. The third-order valence-corrected chi connectivity index (χ3v) is 3.27. The van der Waals surface area contributed by atoms with Crippen molar-refractivity contribution in [2.24, 2.45) is 5.73 Å². The predicted molar refractivity (Wildman–Crippen MR) is 79.8 cm³/mol. The molecule has 0 fully saturated rings. The van der Waals surface area contributed by atoms with Crippen molar-refractivity contribution in [2.75, 3.05) is 7.11 Å². The minimum absolute atomic E-state index is 0.0927. The van der Waals surface area contributed by atoms with Crippen LogP contribution in [0.1, 0.15) is 23.2 Å². The van der Waals surface area contributed by atoms with Gasteiger partial charge in [0.2, 0.25) is 5.88 Å². The van der Waals surface area contributed by atoms with Gasteiger partial charge in [-0.3, -0.25) is 0 Å². The van der Waals surface area contributed by atoms with Crippen LogP contribution < -0.4 is 10.5 Å². The lowest BCUT2D eigenvalue weighted by Gasteiger charge is -2.11. The summed E-state index contributed by atoms with van der Waals surface area (Å²) in [5.41, 5.74) is 9.73. The summed E-state index contributed by atoms with van der Waals surface area (Å²) in [7, 11) is 1.60. The molecule has 0 saturated carbocycles. The molecule has 1 heterocycles. The molecule has 4 heteroatoms. The third kappa shape index (κ3) is 4.31. The molecule has 0 spiro atoms. The molecule has 0 radical (unpaired) electrons. The molecule has 2 aromatic rings. The SMILES string of the molecule is COc1cc(CC(N)CCc2cccc(C)c2)ncn1. The maximum absolute atomic E-state index is 6.18. The van der Waals surface area contributed by atoms with Gasteiger partial charge in [-0.2, -0.15) is 0 Å². The summed E-state index contributed by atoms with van der Waals surface area (Å²) in [6.45, 7) is 2.11. The number of benzene rings is 1. The molecule has 2 N–H and O–H groups in total. The molecule has 1 aromatic heterocycles. The van der Waals surface area contributed by atoms with Crippen molar-refractivity contribution in [3.63, 3.8) is 0 Å². The number of nitrogens with two attached hydrogens (primary N) is 1. The Morgan fingerprint density at radius 1 is 1.25 bits per heavy atom. The lowest BCUT2D eigenvalue weighted by Crippen LogP contribution is -2.24. The highest BCUT2D eigenvalue weighted by molar-refractivity contribution is 5.22. The molecular formula is C16H21N3O. The summed E-state index contributed by atoms with van der Waals surface area (Å²) in [6.07, 6.45) is 4.19. The van der Waals surface area contributed by atoms with Gasteiger partial charge < -0.3 is 10.5 Å². The van der Waals surface area contributed by atoms with E-state index >= 15 is 0 Å². The van der Waals surface area contributed by atoms with Gasteiger partial charge >= 0.3 is 0 Å². The fourth-order valence-electron chi connectivity index (χ4n) is 2.19. The molecule has 0 aliphatic rings. The van der Waals surface area contributed by atoms with Gasteiger partial charge in [0.15, 0.2) is 0 Å². The smallest absolute Gasteiger partial charge is 0.216 e. The molecule has 106 valence electrons. The fourth-order valence-corrected chi connectivity index (χ4v) is 2.19.